The first-order valence-electron chi connectivity index (χ1n) is 6.70. The first-order chi connectivity index (χ1) is 10.0. The number of aromatic nitrogens is 3. The number of nitrogens with one attached hydrogen (secondary N) is 2. The van der Waals surface area contributed by atoms with Crippen molar-refractivity contribution in [1.29, 1.82) is 0 Å². The molecule has 112 valence electrons. The highest BCUT2D eigenvalue weighted by molar-refractivity contribution is 6.36. The van der Waals surface area contributed by atoms with E-state index >= 15 is 0 Å². The maximum atomic E-state index is 6.11. The molecule has 21 heavy (non-hydrogen) atoms. The molecule has 0 saturated heterocycles. The molecule has 0 saturated carbocycles. The minimum absolute atomic E-state index is 0.491. The lowest BCUT2D eigenvalue weighted by Crippen LogP contribution is -2.09. The topological polar surface area (TPSA) is 62.7 Å². The molecule has 0 aliphatic carbocycles. The van der Waals surface area contributed by atoms with Gasteiger partial charge < -0.3 is 10.6 Å². The minimum Gasteiger partial charge on any atom is -0.353 e. The maximum Gasteiger partial charge on any atom is 0.244 e. The highest BCUT2D eigenvalue weighted by Crippen LogP contribution is 2.27. The van der Waals surface area contributed by atoms with Gasteiger partial charge in [-0.15, -0.1) is 5.10 Å². The van der Waals surface area contributed by atoms with Crippen LogP contribution in [0, 0.1) is 5.92 Å². The largest absolute Gasteiger partial charge is 0.353 e. The van der Waals surface area contributed by atoms with Gasteiger partial charge in [-0.25, -0.2) is 0 Å². The lowest BCUT2D eigenvalue weighted by molar-refractivity contribution is 0.605. The average molecular weight is 326 g/mol. The monoisotopic (exact) mass is 325 g/mol. The quantitative estimate of drug-likeness (QED) is 0.825. The van der Waals surface area contributed by atoms with Gasteiger partial charge in [0, 0.05) is 11.6 Å². The summed E-state index contributed by atoms with van der Waals surface area (Å²) >= 11 is 12.0. The molecule has 0 unspecified atom stereocenters. The number of nitrogens with zero attached hydrogens (tertiary/aromatic N) is 3. The Balaban J connectivity index is 2.03. The van der Waals surface area contributed by atoms with Gasteiger partial charge in [0.1, 0.15) is 0 Å². The van der Waals surface area contributed by atoms with Crippen molar-refractivity contribution < 1.29 is 0 Å². The van der Waals surface area contributed by atoms with Crippen molar-refractivity contribution in [3.05, 3.63) is 34.4 Å². The molecule has 2 N–H and O–H groups in total. The first-order valence-corrected chi connectivity index (χ1v) is 7.46. The van der Waals surface area contributed by atoms with Gasteiger partial charge in [0.15, 0.2) is 5.82 Å². The van der Waals surface area contributed by atoms with Crippen LogP contribution in [0.4, 0.5) is 17.5 Å². The van der Waals surface area contributed by atoms with E-state index in [2.05, 4.69) is 39.7 Å². The summed E-state index contributed by atoms with van der Waals surface area (Å²) < 4.78 is 0. The van der Waals surface area contributed by atoms with Crippen molar-refractivity contribution >= 4 is 40.7 Å². The summed E-state index contributed by atoms with van der Waals surface area (Å²) in [6.07, 6.45) is 2.59. The van der Waals surface area contributed by atoms with Crippen molar-refractivity contribution in [3.63, 3.8) is 0 Å². The van der Waals surface area contributed by atoms with Crippen LogP contribution in [0.1, 0.15) is 20.3 Å². The Bertz CT molecular complexity index is 604. The summed E-state index contributed by atoms with van der Waals surface area (Å²) in [6.45, 7) is 5.15. The fourth-order valence-electron chi connectivity index (χ4n) is 1.64. The van der Waals surface area contributed by atoms with E-state index in [1.54, 1.807) is 24.4 Å². The van der Waals surface area contributed by atoms with Gasteiger partial charge in [-0.05, 0) is 30.5 Å². The number of rotatable bonds is 6. The number of halogens is 2. The van der Waals surface area contributed by atoms with Crippen LogP contribution in [-0.4, -0.2) is 21.7 Å². The lowest BCUT2D eigenvalue weighted by atomic mass is 10.1. The van der Waals surface area contributed by atoms with Gasteiger partial charge in [-0.3, -0.25) is 0 Å². The summed E-state index contributed by atoms with van der Waals surface area (Å²) in [6, 6.07) is 5.21. The van der Waals surface area contributed by atoms with Gasteiger partial charge in [-0.2, -0.15) is 10.1 Å². The van der Waals surface area contributed by atoms with Crippen LogP contribution in [0.15, 0.2) is 24.4 Å². The van der Waals surface area contributed by atoms with Crippen LogP contribution in [0.5, 0.6) is 0 Å². The van der Waals surface area contributed by atoms with Crippen molar-refractivity contribution in [2.24, 2.45) is 5.92 Å². The zero-order valence-electron chi connectivity index (χ0n) is 11.9. The molecule has 0 amide bonds. The van der Waals surface area contributed by atoms with Gasteiger partial charge in [0.05, 0.1) is 16.9 Å². The molecule has 1 aromatic heterocycles. The second-order valence-electron chi connectivity index (χ2n) is 5.02. The van der Waals surface area contributed by atoms with Crippen LogP contribution in [0.2, 0.25) is 10.0 Å². The second kappa shape index (κ2) is 7.43. The average Bonchev–Trinajstić information content (AvgIpc) is 2.42. The smallest absolute Gasteiger partial charge is 0.244 e. The molecule has 0 aliphatic rings. The van der Waals surface area contributed by atoms with Gasteiger partial charge in [0.2, 0.25) is 5.95 Å². The molecule has 2 aromatic rings. The summed E-state index contributed by atoms with van der Waals surface area (Å²) in [5.41, 5.74) is 0.717. The van der Waals surface area contributed by atoms with Crippen molar-refractivity contribution in [3.8, 4) is 0 Å². The second-order valence-corrected chi connectivity index (χ2v) is 5.87. The van der Waals surface area contributed by atoms with E-state index in [-0.39, 0.29) is 0 Å². The van der Waals surface area contributed by atoms with Crippen LogP contribution in [0.3, 0.4) is 0 Å². The number of anilines is 3. The maximum absolute atomic E-state index is 6.11. The molecule has 0 bridgehead atoms. The van der Waals surface area contributed by atoms with Crippen molar-refractivity contribution in [2.45, 2.75) is 20.3 Å². The molecule has 7 heteroatoms. The van der Waals surface area contributed by atoms with Crippen LogP contribution in [-0.2, 0) is 0 Å². The van der Waals surface area contributed by atoms with Crippen molar-refractivity contribution in [2.75, 3.05) is 17.2 Å². The highest BCUT2D eigenvalue weighted by Gasteiger charge is 2.05. The summed E-state index contributed by atoms with van der Waals surface area (Å²) in [7, 11) is 0. The molecule has 0 aliphatic heterocycles. The van der Waals surface area contributed by atoms with E-state index in [0.717, 1.165) is 18.7 Å². The molecule has 1 aromatic carbocycles. The minimum atomic E-state index is 0.491. The number of hydrogen-bond donors (Lipinski definition) is 2. The van der Waals surface area contributed by atoms with E-state index in [0.29, 0.717) is 27.7 Å². The lowest BCUT2D eigenvalue weighted by Gasteiger charge is -2.09. The molecule has 2 rings (SSSR count). The molecule has 0 atom stereocenters. The Hall–Kier alpha value is -1.59. The summed E-state index contributed by atoms with van der Waals surface area (Å²) in [5.74, 6) is 1.69. The summed E-state index contributed by atoms with van der Waals surface area (Å²) in [5, 5.41) is 15.2. The van der Waals surface area contributed by atoms with Gasteiger partial charge >= 0.3 is 0 Å². The van der Waals surface area contributed by atoms with E-state index in [1.807, 2.05) is 0 Å². The Morgan fingerprint density at radius 2 is 2.05 bits per heavy atom. The number of hydrogen-bond acceptors (Lipinski definition) is 5. The summed E-state index contributed by atoms with van der Waals surface area (Å²) in [4.78, 5) is 4.34. The zero-order valence-corrected chi connectivity index (χ0v) is 13.4. The third kappa shape index (κ3) is 5.02. The first kappa shape index (κ1) is 15.8. The van der Waals surface area contributed by atoms with E-state index in [4.69, 9.17) is 23.2 Å². The van der Waals surface area contributed by atoms with E-state index in [9.17, 15) is 0 Å². The molecular weight excluding hydrogens is 309 g/mol. The molecule has 0 radical (unpaired) electrons. The molecular formula is C14H17Cl2N5. The standard InChI is InChI=1S/C14H17Cl2N5/c1-9(2)5-6-17-14-20-13(8-18-21-14)19-12-4-3-10(15)7-11(12)16/h3-4,7-9H,5-6H2,1-2H3,(H2,17,19,20,21). The van der Waals surface area contributed by atoms with Crippen LogP contribution < -0.4 is 10.6 Å². The van der Waals surface area contributed by atoms with Crippen LogP contribution in [0.25, 0.3) is 0 Å². The molecule has 0 spiro atoms. The van der Waals surface area contributed by atoms with Crippen LogP contribution >= 0.6 is 23.2 Å². The fraction of sp³-hybridized carbons (Fsp3) is 0.357. The fourth-order valence-corrected chi connectivity index (χ4v) is 2.10. The predicted octanol–water partition coefficient (Wildman–Crippen LogP) is 4.38. The third-order valence-corrected chi connectivity index (χ3v) is 3.31. The SMILES string of the molecule is CC(C)CCNc1nncc(Nc2ccc(Cl)cc2Cl)n1. The van der Waals surface area contributed by atoms with E-state index < -0.39 is 0 Å². The zero-order chi connectivity index (χ0) is 15.2. The molecule has 1 heterocycles. The normalized spacial score (nSPS) is 10.7. The third-order valence-electron chi connectivity index (χ3n) is 2.76. The Kier molecular flexibility index (Phi) is 5.59. The van der Waals surface area contributed by atoms with E-state index in [1.165, 1.54) is 0 Å². The van der Waals surface area contributed by atoms with Gasteiger partial charge in [-0.1, -0.05) is 37.0 Å². The highest BCUT2D eigenvalue weighted by atomic mass is 35.5. The number of benzene rings is 1. The van der Waals surface area contributed by atoms with Crippen molar-refractivity contribution in [1.82, 2.24) is 15.2 Å². The molecule has 0 fully saturated rings. The molecule has 5 nitrogen and oxygen atoms in total. The Morgan fingerprint density at radius 1 is 1.24 bits per heavy atom. The Labute approximate surface area is 134 Å². The van der Waals surface area contributed by atoms with Gasteiger partial charge in [0.25, 0.3) is 0 Å². The predicted molar refractivity (Wildman–Crippen MR) is 87.5 cm³/mol. The Morgan fingerprint density at radius 3 is 2.76 bits per heavy atom.